The highest BCUT2D eigenvalue weighted by Crippen LogP contribution is 2.37. The lowest BCUT2D eigenvalue weighted by molar-refractivity contribution is -0.133. The largest absolute Gasteiger partial charge is 0.465 e. The molecule has 0 saturated heterocycles. The van der Waals surface area contributed by atoms with E-state index in [1.54, 1.807) is 6.92 Å². The number of amides is 3. The minimum absolute atomic E-state index is 0.00443. The van der Waals surface area contributed by atoms with E-state index < -0.39 is 20.5 Å². The van der Waals surface area contributed by atoms with Crippen molar-refractivity contribution in [1.82, 2.24) is 16.2 Å². The lowest BCUT2D eigenvalue weighted by Crippen LogP contribution is -2.52. The molecule has 0 aromatic rings. The van der Waals surface area contributed by atoms with Crippen LogP contribution >= 0.6 is 0 Å². The molecule has 0 aliphatic heterocycles. The molecular weight excluding hydrogens is 342 g/mol. The Kier molecular flexibility index (Phi) is 7.01. The standard InChI is InChI=1S/C16H31N3O5Si/c1-10(24-25(5,6)16(2,3)4)14(21)19-18-13(20)9-11-7-12(8-11)17-15(22)23/h10-12,17H,7-9H2,1-6H3,(H,18,20)(H,19,21)(H,22,23)/t10-,11?,12?/m0/s1. The second-order valence-electron chi connectivity index (χ2n) is 8.25. The highest BCUT2D eigenvalue weighted by Gasteiger charge is 2.39. The molecule has 0 heterocycles. The third-order valence-corrected chi connectivity index (χ3v) is 9.56. The van der Waals surface area contributed by atoms with Crippen molar-refractivity contribution in [2.24, 2.45) is 5.92 Å². The summed E-state index contributed by atoms with van der Waals surface area (Å²) in [6, 6.07) is -0.0806. The monoisotopic (exact) mass is 373 g/mol. The molecule has 4 N–H and O–H groups in total. The zero-order chi connectivity index (χ0) is 19.4. The Hall–Kier alpha value is -1.61. The number of carbonyl (C=O) groups excluding carboxylic acids is 2. The lowest BCUT2D eigenvalue weighted by atomic mass is 9.78. The average Bonchev–Trinajstić information content (AvgIpc) is 2.40. The summed E-state index contributed by atoms with van der Waals surface area (Å²) in [7, 11) is -2.06. The minimum atomic E-state index is -2.06. The van der Waals surface area contributed by atoms with Crippen molar-refractivity contribution in [3.63, 3.8) is 0 Å². The van der Waals surface area contributed by atoms with Gasteiger partial charge in [0.15, 0.2) is 8.32 Å². The maximum atomic E-state index is 12.1. The van der Waals surface area contributed by atoms with Gasteiger partial charge in [-0.2, -0.15) is 0 Å². The number of nitrogens with one attached hydrogen (secondary N) is 3. The normalized spacial score (nSPS) is 21.7. The number of carbonyl (C=O) groups is 3. The minimum Gasteiger partial charge on any atom is -0.465 e. The maximum absolute atomic E-state index is 12.1. The molecule has 0 unspecified atom stereocenters. The Morgan fingerprint density at radius 3 is 2.24 bits per heavy atom. The SMILES string of the molecule is C[C@H](O[Si](C)(C)C(C)(C)C)C(=O)NNC(=O)CC1CC(NC(=O)O)C1. The fraction of sp³-hybridized carbons (Fsp3) is 0.812. The molecule has 1 fully saturated rings. The first-order chi connectivity index (χ1) is 11.3. The molecule has 3 amide bonds. The lowest BCUT2D eigenvalue weighted by Gasteiger charge is -2.38. The summed E-state index contributed by atoms with van der Waals surface area (Å²) in [6.45, 7) is 12.1. The molecule has 1 aliphatic rings. The summed E-state index contributed by atoms with van der Waals surface area (Å²) < 4.78 is 5.97. The second kappa shape index (κ2) is 8.18. The molecule has 0 aromatic carbocycles. The summed E-state index contributed by atoms with van der Waals surface area (Å²) in [5.74, 6) is -0.529. The topological polar surface area (TPSA) is 117 Å². The van der Waals surface area contributed by atoms with Crippen LogP contribution < -0.4 is 16.2 Å². The van der Waals surface area contributed by atoms with Gasteiger partial charge >= 0.3 is 6.09 Å². The number of hydrazine groups is 1. The quantitative estimate of drug-likeness (QED) is 0.419. The van der Waals surface area contributed by atoms with Crippen molar-refractivity contribution in [2.75, 3.05) is 0 Å². The van der Waals surface area contributed by atoms with Gasteiger partial charge in [0, 0.05) is 12.5 Å². The van der Waals surface area contributed by atoms with Crippen molar-refractivity contribution in [3.8, 4) is 0 Å². The van der Waals surface area contributed by atoms with Crippen LogP contribution in [0.4, 0.5) is 4.79 Å². The van der Waals surface area contributed by atoms with E-state index in [0.29, 0.717) is 12.8 Å². The van der Waals surface area contributed by atoms with Crippen molar-refractivity contribution < 1.29 is 23.9 Å². The highest BCUT2D eigenvalue weighted by molar-refractivity contribution is 6.74. The van der Waals surface area contributed by atoms with Gasteiger partial charge in [0.1, 0.15) is 6.10 Å². The molecule has 0 spiro atoms. The molecular formula is C16H31N3O5Si. The van der Waals surface area contributed by atoms with Gasteiger partial charge in [-0.15, -0.1) is 0 Å². The summed E-state index contributed by atoms with van der Waals surface area (Å²) in [5.41, 5.74) is 4.81. The zero-order valence-corrected chi connectivity index (χ0v) is 16.9. The summed E-state index contributed by atoms with van der Waals surface area (Å²) in [4.78, 5) is 34.4. The zero-order valence-electron chi connectivity index (χ0n) is 15.9. The molecule has 9 heteroatoms. The second-order valence-corrected chi connectivity index (χ2v) is 13.0. The maximum Gasteiger partial charge on any atom is 0.404 e. The molecule has 0 aromatic heterocycles. The van der Waals surface area contributed by atoms with Crippen molar-refractivity contribution in [2.45, 2.75) is 77.2 Å². The third kappa shape index (κ3) is 6.66. The van der Waals surface area contributed by atoms with Gasteiger partial charge in [0.25, 0.3) is 5.91 Å². The van der Waals surface area contributed by atoms with Crippen LogP contribution in [0, 0.1) is 5.92 Å². The van der Waals surface area contributed by atoms with E-state index in [1.165, 1.54) is 0 Å². The molecule has 0 bridgehead atoms. The van der Waals surface area contributed by atoms with E-state index in [4.69, 9.17) is 9.53 Å². The van der Waals surface area contributed by atoms with E-state index in [0.717, 1.165) is 0 Å². The van der Waals surface area contributed by atoms with E-state index in [2.05, 4.69) is 50.0 Å². The number of carboxylic acid groups (broad SMARTS) is 1. The molecule has 144 valence electrons. The summed E-state index contributed by atoms with van der Waals surface area (Å²) in [5, 5.41) is 11.0. The van der Waals surface area contributed by atoms with Crippen LogP contribution in [-0.4, -0.2) is 43.5 Å². The highest BCUT2D eigenvalue weighted by atomic mass is 28.4. The van der Waals surface area contributed by atoms with Crippen LogP contribution in [0.15, 0.2) is 0 Å². The Bertz CT molecular complexity index is 512. The van der Waals surface area contributed by atoms with Gasteiger partial charge in [-0.1, -0.05) is 20.8 Å². The molecule has 1 atom stereocenters. The predicted octanol–water partition coefficient (Wildman–Crippen LogP) is 1.98. The molecule has 1 saturated carbocycles. The first-order valence-corrected chi connectivity index (χ1v) is 11.5. The molecule has 1 aliphatic carbocycles. The number of rotatable bonds is 6. The van der Waals surface area contributed by atoms with Crippen LogP contribution in [0.3, 0.4) is 0 Å². The van der Waals surface area contributed by atoms with E-state index in [9.17, 15) is 14.4 Å². The summed E-state index contributed by atoms with van der Waals surface area (Å²) in [6.07, 6.45) is -0.156. The van der Waals surface area contributed by atoms with Crippen LogP contribution in [0.2, 0.25) is 18.1 Å². The van der Waals surface area contributed by atoms with Crippen LogP contribution in [-0.2, 0) is 14.0 Å². The van der Waals surface area contributed by atoms with Gasteiger partial charge < -0.3 is 14.8 Å². The van der Waals surface area contributed by atoms with E-state index in [1.807, 2.05) is 0 Å². The summed E-state index contributed by atoms with van der Waals surface area (Å²) >= 11 is 0. The first kappa shape index (κ1) is 21.4. The van der Waals surface area contributed by atoms with Crippen molar-refractivity contribution >= 4 is 26.2 Å². The molecule has 1 rings (SSSR count). The number of hydrogen-bond donors (Lipinski definition) is 4. The third-order valence-electron chi connectivity index (χ3n) is 5.01. The molecule has 0 radical (unpaired) electrons. The predicted molar refractivity (Wildman–Crippen MR) is 96.3 cm³/mol. The molecule has 8 nitrogen and oxygen atoms in total. The Morgan fingerprint density at radius 1 is 1.20 bits per heavy atom. The smallest absolute Gasteiger partial charge is 0.404 e. The fourth-order valence-electron chi connectivity index (χ4n) is 2.41. The van der Waals surface area contributed by atoms with Crippen LogP contribution in [0.25, 0.3) is 0 Å². The molecule has 25 heavy (non-hydrogen) atoms. The average molecular weight is 374 g/mol. The van der Waals surface area contributed by atoms with Crippen LogP contribution in [0.1, 0.15) is 47.0 Å². The van der Waals surface area contributed by atoms with Gasteiger partial charge in [0.05, 0.1) is 0 Å². The van der Waals surface area contributed by atoms with E-state index in [-0.39, 0.29) is 35.2 Å². The van der Waals surface area contributed by atoms with Gasteiger partial charge in [-0.3, -0.25) is 20.4 Å². The van der Waals surface area contributed by atoms with E-state index >= 15 is 0 Å². The van der Waals surface area contributed by atoms with Crippen LogP contribution in [0.5, 0.6) is 0 Å². The Labute approximate surface area is 150 Å². The Balaban J connectivity index is 2.29. The van der Waals surface area contributed by atoms with Crippen molar-refractivity contribution in [3.05, 3.63) is 0 Å². The van der Waals surface area contributed by atoms with Gasteiger partial charge in [-0.05, 0) is 43.8 Å². The van der Waals surface area contributed by atoms with Crippen molar-refractivity contribution in [1.29, 1.82) is 0 Å². The van der Waals surface area contributed by atoms with Gasteiger partial charge in [0.2, 0.25) is 5.91 Å². The Morgan fingerprint density at radius 2 is 1.76 bits per heavy atom. The number of hydrogen-bond acceptors (Lipinski definition) is 4. The first-order valence-electron chi connectivity index (χ1n) is 8.58. The fourth-order valence-corrected chi connectivity index (χ4v) is 3.76. The van der Waals surface area contributed by atoms with Gasteiger partial charge in [-0.25, -0.2) is 4.79 Å².